The Kier molecular flexibility index (Phi) is 23.4. The smallest absolute Gasteiger partial charge is 0.397 e. The van der Waals surface area contributed by atoms with Crippen LogP contribution in [0, 0.1) is 0 Å². The fourth-order valence-electron chi connectivity index (χ4n) is 14.8. The van der Waals surface area contributed by atoms with Crippen molar-refractivity contribution in [3.8, 4) is 46.0 Å². The molecule has 0 radical (unpaired) electrons. The fourth-order valence-corrected chi connectivity index (χ4v) is 16.0. The summed E-state index contributed by atoms with van der Waals surface area (Å²) in [5, 5.41) is 146. The Morgan fingerprint density at radius 2 is 0.480 bits per heavy atom. The van der Waals surface area contributed by atoms with E-state index in [1.165, 1.54) is 19.6 Å². The molecular formula is C60H76N4O32S4. The van der Waals surface area contributed by atoms with Crippen molar-refractivity contribution in [2.45, 2.75) is 151 Å². The molecule has 0 spiro atoms. The molecule has 552 valence electrons. The molecule has 0 saturated carbocycles. The van der Waals surface area contributed by atoms with Gasteiger partial charge in [-0.3, -0.25) is 57.0 Å². The molecule has 4 atom stereocenters. The summed E-state index contributed by atoms with van der Waals surface area (Å²) in [4.78, 5) is 56.6. The van der Waals surface area contributed by atoms with E-state index < -0.39 is 304 Å². The van der Waals surface area contributed by atoms with Gasteiger partial charge in [-0.05, 0) is 127 Å². The van der Waals surface area contributed by atoms with Gasteiger partial charge < -0.3 is 61.3 Å². The van der Waals surface area contributed by atoms with E-state index >= 15 is 0 Å². The average molecular weight is 1490 g/mol. The lowest BCUT2D eigenvalue weighted by Crippen LogP contribution is -2.35. The van der Waals surface area contributed by atoms with Crippen LogP contribution in [0.25, 0.3) is 0 Å². The number of phenols is 8. The van der Waals surface area contributed by atoms with Crippen molar-refractivity contribution >= 4 is 65.5 Å². The molecular weight excluding hydrogens is 1420 g/mol. The Morgan fingerprint density at radius 1 is 0.320 bits per heavy atom. The maximum absolute atomic E-state index is 13.1. The maximum Gasteiger partial charge on any atom is 0.397 e. The van der Waals surface area contributed by atoms with Crippen LogP contribution in [0.15, 0.2) is 24.3 Å². The largest absolute Gasteiger partial charge is 0.507 e. The number of benzene rings is 4. The predicted octanol–water partition coefficient (Wildman–Crippen LogP) is 3.21. The number of carboxylic acid groups (broad SMARTS) is 4. The van der Waals surface area contributed by atoms with Crippen LogP contribution in [0.3, 0.4) is 0 Å². The SMILES string of the molecule is O=C(O)[C@@H]1CCCN1Cc1c(O)c2cc(c1O)C(CCOS(=O)(=O)O)c1cc(c(O)c(CN3CCC[C@H]3C(=O)O)c1O)C(CCOS(=O)(=O)O)c1cc(c(O)c(CN3CCC[C@H]3C(=O)O)c1O)C(CCOS(=O)(=O)O)c1cc(c(O)c(CN3CCC[C@H]3C(=O)O)c1O)C2CCOS(=O)(=O)O. The highest BCUT2D eigenvalue weighted by molar-refractivity contribution is 7.81. The van der Waals surface area contributed by atoms with Gasteiger partial charge in [0.2, 0.25) is 0 Å². The van der Waals surface area contributed by atoms with E-state index in [1.54, 1.807) is 0 Å². The van der Waals surface area contributed by atoms with E-state index in [9.17, 15) is 132 Å². The number of likely N-dealkylation sites (tertiary alicyclic amines) is 4. The zero-order valence-corrected chi connectivity index (χ0v) is 56.3. The highest BCUT2D eigenvalue weighted by Gasteiger charge is 2.43. The van der Waals surface area contributed by atoms with Crippen molar-refractivity contribution in [3.63, 3.8) is 0 Å². The number of hydrogen-bond donors (Lipinski definition) is 16. The molecule has 4 aromatic rings. The molecule has 4 aliphatic heterocycles. The maximum atomic E-state index is 13.1. The van der Waals surface area contributed by atoms with Crippen LogP contribution in [0.1, 0.15) is 167 Å². The van der Waals surface area contributed by atoms with Gasteiger partial charge in [0.15, 0.2) is 0 Å². The van der Waals surface area contributed by atoms with Gasteiger partial charge >= 0.3 is 65.5 Å². The quantitative estimate of drug-likeness (QED) is 0.0363. The van der Waals surface area contributed by atoms with Gasteiger partial charge in [-0.1, -0.05) is 0 Å². The average Bonchev–Trinajstić information content (AvgIpc) is 0.747. The van der Waals surface area contributed by atoms with Gasteiger partial charge in [-0.15, -0.1) is 0 Å². The van der Waals surface area contributed by atoms with Crippen LogP contribution in [0.4, 0.5) is 0 Å². The Bertz CT molecular complexity index is 3650. The molecule has 16 N–H and O–H groups in total. The summed E-state index contributed by atoms with van der Waals surface area (Å²) in [5.74, 6) is -21.3. The van der Waals surface area contributed by atoms with Crippen molar-refractivity contribution in [3.05, 3.63) is 91.0 Å². The fraction of sp³-hybridized carbons (Fsp3) is 0.533. The number of hydrogen-bond acceptors (Lipinski definition) is 28. The standard InChI is InChI=1S/C60H76N4O32S4/c65-49-33-21-34(50(66)41(49)25-61-13-1-5-45(61)57(73)74)30(10-18-94-98(84,85)86)36-23-38(54(70)43(52(36)68)27-63-15-3-7-47(63)59(77)78)32(12-20-96-100(90,91)92)40-24-39(55(71)44(56(40)72)28-64-16-4-8-48(64)60(79)80)31(11-19-95-99(87,88)89)37-22-35(29(33)9-17-93-97(81,82)83)51(67)42(53(37)69)26-62-14-2-6-46(62)58(75)76/h21-24,29-32,45-48,65-72H,1-20,25-28H2,(H,73,74)(H,75,76)(H,77,78)(H,79,80)(H,81,82,83)(H,84,85,86)(H,87,88,89)(H,90,91,92)/t29?,30?,31?,32?,45-,46-,47-,48-/m0/s1. The third kappa shape index (κ3) is 17.3. The van der Waals surface area contributed by atoms with Gasteiger partial charge in [0.1, 0.15) is 70.2 Å². The number of aromatic hydroxyl groups is 8. The number of carboxylic acids is 4. The molecule has 40 heteroatoms. The van der Waals surface area contributed by atoms with E-state index in [0.717, 1.165) is 24.3 Å². The molecule has 4 heterocycles. The highest BCUT2D eigenvalue weighted by atomic mass is 32.3. The minimum absolute atomic E-state index is 0.00335. The number of fused-ring (bicyclic) bond motifs is 8. The molecule has 9 rings (SSSR count). The van der Waals surface area contributed by atoms with E-state index in [-0.39, 0.29) is 77.5 Å². The Hall–Kier alpha value is -7.52. The number of carbonyl (C=O) groups is 4. The molecule has 4 fully saturated rings. The normalized spacial score (nSPS) is 22.8. The molecule has 36 nitrogen and oxygen atoms in total. The van der Waals surface area contributed by atoms with Crippen molar-refractivity contribution in [2.24, 2.45) is 0 Å². The van der Waals surface area contributed by atoms with Crippen LogP contribution in [-0.4, -0.2) is 233 Å². The number of phenolic OH excluding ortho intramolecular Hbond substituents is 8. The minimum Gasteiger partial charge on any atom is -0.507 e. The Balaban J connectivity index is 1.53. The van der Waals surface area contributed by atoms with Crippen LogP contribution in [0.2, 0.25) is 0 Å². The number of aliphatic carboxylic acids is 4. The van der Waals surface area contributed by atoms with Crippen molar-refractivity contribution < 1.29 is 149 Å². The van der Waals surface area contributed by atoms with Crippen LogP contribution in [0.5, 0.6) is 46.0 Å². The van der Waals surface area contributed by atoms with Gasteiger partial charge in [0.05, 0.1) is 48.7 Å². The second-order valence-electron chi connectivity index (χ2n) is 25.2. The number of rotatable bonds is 28. The van der Waals surface area contributed by atoms with Crippen molar-refractivity contribution in [1.29, 1.82) is 0 Å². The molecule has 1 aliphatic carbocycles. The second-order valence-corrected chi connectivity index (χ2v) is 29.5. The first-order valence-electron chi connectivity index (χ1n) is 31.4. The lowest BCUT2D eigenvalue weighted by Gasteiger charge is -2.33. The predicted molar refractivity (Wildman–Crippen MR) is 339 cm³/mol. The molecule has 100 heavy (non-hydrogen) atoms. The van der Waals surface area contributed by atoms with Gasteiger partial charge in [0, 0.05) is 94.4 Å². The lowest BCUT2D eigenvalue weighted by atomic mass is 9.75. The topological polar surface area (TPSA) is 578 Å². The van der Waals surface area contributed by atoms with Crippen molar-refractivity contribution in [1.82, 2.24) is 19.6 Å². The molecule has 5 aliphatic rings. The van der Waals surface area contributed by atoms with Crippen LogP contribution >= 0.6 is 0 Å². The summed E-state index contributed by atoms with van der Waals surface area (Å²) in [7, 11) is -21.8. The molecule has 8 bridgehead atoms. The monoisotopic (exact) mass is 1490 g/mol. The summed E-state index contributed by atoms with van der Waals surface area (Å²) < 4.78 is 159. The summed E-state index contributed by atoms with van der Waals surface area (Å²) in [6.45, 7) is -7.70. The summed E-state index contributed by atoms with van der Waals surface area (Å²) in [6, 6.07) is -1.53. The summed E-state index contributed by atoms with van der Waals surface area (Å²) >= 11 is 0. The summed E-state index contributed by atoms with van der Waals surface area (Å²) in [6.07, 6.45) is -2.70. The molecule has 4 saturated heterocycles. The molecule has 0 amide bonds. The van der Waals surface area contributed by atoms with Gasteiger partial charge in [-0.25, -0.2) is 16.7 Å². The van der Waals surface area contributed by atoms with E-state index in [2.05, 4.69) is 0 Å². The highest BCUT2D eigenvalue weighted by Crippen LogP contribution is 2.56. The van der Waals surface area contributed by atoms with Gasteiger partial charge in [-0.2, -0.15) is 33.7 Å². The Morgan fingerprint density at radius 3 is 0.620 bits per heavy atom. The Labute approximate surface area is 572 Å². The van der Waals surface area contributed by atoms with Crippen LogP contribution in [-0.2, 0) is 104 Å². The zero-order valence-electron chi connectivity index (χ0n) is 53.0. The van der Waals surface area contributed by atoms with Crippen molar-refractivity contribution in [2.75, 3.05) is 52.6 Å². The first-order chi connectivity index (χ1) is 46.7. The lowest BCUT2D eigenvalue weighted by molar-refractivity contribution is -0.143. The third-order valence-electron chi connectivity index (χ3n) is 19.3. The zero-order chi connectivity index (χ0) is 73.4. The first-order valence-corrected chi connectivity index (χ1v) is 36.9. The third-order valence-corrected chi connectivity index (χ3v) is 21.2. The number of nitrogens with zero attached hydrogens (tertiary/aromatic N) is 4. The van der Waals surface area contributed by atoms with E-state index in [1.807, 2.05) is 0 Å². The van der Waals surface area contributed by atoms with Crippen LogP contribution < -0.4 is 0 Å². The first kappa shape index (κ1) is 76.7. The van der Waals surface area contributed by atoms with E-state index in [0.29, 0.717) is 0 Å². The minimum atomic E-state index is -5.44. The summed E-state index contributed by atoms with van der Waals surface area (Å²) in [5.41, 5.74) is -6.94. The second kappa shape index (κ2) is 30.6. The molecule has 4 aromatic carbocycles. The molecule has 0 aromatic heterocycles. The van der Waals surface area contributed by atoms with E-state index in [4.69, 9.17) is 16.7 Å². The van der Waals surface area contributed by atoms with Gasteiger partial charge in [0.25, 0.3) is 0 Å². The molecule has 0 unspecified atom stereocenters.